The maximum atomic E-state index is 13.1. The average Bonchev–Trinajstić information content (AvgIpc) is 2.08. The highest BCUT2D eigenvalue weighted by atomic mass is 79.9. The van der Waals surface area contributed by atoms with E-state index in [-0.39, 0.29) is 0 Å². The van der Waals surface area contributed by atoms with Gasteiger partial charge in [-0.15, -0.1) is 0 Å². The molecule has 1 unspecified atom stereocenters. The van der Waals surface area contributed by atoms with Gasteiger partial charge in [-0.1, -0.05) is 34.1 Å². The zero-order valence-electron chi connectivity index (χ0n) is 7.67. The van der Waals surface area contributed by atoms with E-state index in [2.05, 4.69) is 15.9 Å². The molecule has 0 radical (unpaired) electrons. The van der Waals surface area contributed by atoms with Crippen LogP contribution in [0, 0.1) is 0 Å². The van der Waals surface area contributed by atoms with Crippen molar-refractivity contribution in [3.05, 3.63) is 34.3 Å². The van der Waals surface area contributed by atoms with Gasteiger partial charge in [0, 0.05) is 10.9 Å². The second-order valence-electron chi connectivity index (χ2n) is 3.21. The Labute approximate surface area is 89.9 Å². The van der Waals surface area contributed by atoms with Crippen LogP contribution in [-0.2, 0) is 6.42 Å². The van der Waals surface area contributed by atoms with Crippen molar-refractivity contribution in [2.75, 3.05) is 0 Å². The largest absolute Gasteiger partial charge is 0.387 e. The van der Waals surface area contributed by atoms with E-state index in [4.69, 9.17) is 5.11 Å². The van der Waals surface area contributed by atoms with Crippen molar-refractivity contribution in [2.24, 2.45) is 0 Å². The fourth-order valence-corrected chi connectivity index (χ4v) is 1.47. The quantitative estimate of drug-likeness (QED) is 0.890. The van der Waals surface area contributed by atoms with Gasteiger partial charge < -0.3 is 5.11 Å². The summed E-state index contributed by atoms with van der Waals surface area (Å²) in [5, 5.41) is 8.87. The molecule has 1 aromatic carbocycles. The normalized spacial score (nSPS) is 14.1. The molecule has 0 saturated carbocycles. The maximum absolute atomic E-state index is 13.1. The van der Waals surface area contributed by atoms with Crippen LogP contribution < -0.4 is 0 Å². The third kappa shape index (κ3) is 2.75. The smallest absolute Gasteiger partial charge is 0.277 e. The molecule has 0 aliphatic rings. The summed E-state index contributed by atoms with van der Waals surface area (Å²) in [6.07, 6.45) is -2.08. The van der Waals surface area contributed by atoms with E-state index in [1.54, 1.807) is 24.3 Å². The van der Waals surface area contributed by atoms with Gasteiger partial charge >= 0.3 is 0 Å². The molecule has 0 amide bonds. The molecule has 1 nitrogen and oxygen atoms in total. The molecule has 0 aliphatic carbocycles. The molecule has 1 atom stereocenters. The van der Waals surface area contributed by atoms with E-state index >= 15 is 0 Å². The van der Waals surface area contributed by atoms with Gasteiger partial charge in [-0.25, -0.2) is 8.78 Å². The number of aliphatic hydroxyl groups excluding tert-OH is 1. The zero-order chi connectivity index (χ0) is 10.8. The van der Waals surface area contributed by atoms with Crippen LogP contribution in [0.15, 0.2) is 28.7 Å². The number of hydrogen-bond donors (Lipinski definition) is 1. The van der Waals surface area contributed by atoms with E-state index in [0.29, 0.717) is 10.0 Å². The van der Waals surface area contributed by atoms with Crippen LogP contribution in [-0.4, -0.2) is 17.1 Å². The Bertz CT molecular complexity index is 313. The summed E-state index contributed by atoms with van der Waals surface area (Å²) in [4.78, 5) is 0. The van der Waals surface area contributed by atoms with Gasteiger partial charge in [0.25, 0.3) is 5.92 Å². The lowest BCUT2D eigenvalue weighted by atomic mass is 10.0. The van der Waals surface area contributed by atoms with Crippen molar-refractivity contribution in [3.63, 3.8) is 0 Å². The van der Waals surface area contributed by atoms with Crippen LogP contribution in [0.3, 0.4) is 0 Å². The molecule has 4 heteroatoms. The van der Waals surface area contributed by atoms with Gasteiger partial charge in [-0.2, -0.15) is 0 Å². The minimum atomic E-state index is -3.08. The van der Waals surface area contributed by atoms with Crippen molar-refractivity contribution in [1.29, 1.82) is 0 Å². The van der Waals surface area contributed by atoms with Crippen LogP contribution in [0.4, 0.5) is 8.78 Å². The highest BCUT2D eigenvalue weighted by molar-refractivity contribution is 9.10. The number of halogens is 3. The van der Waals surface area contributed by atoms with Crippen molar-refractivity contribution in [3.8, 4) is 0 Å². The fourth-order valence-electron chi connectivity index (χ4n) is 1.04. The van der Waals surface area contributed by atoms with Gasteiger partial charge in [0.1, 0.15) is 6.10 Å². The molecule has 1 rings (SSSR count). The number of aliphatic hydroxyl groups is 1. The summed E-state index contributed by atoms with van der Waals surface area (Å²) < 4.78 is 26.9. The Morgan fingerprint density at radius 1 is 1.43 bits per heavy atom. The summed E-state index contributed by atoms with van der Waals surface area (Å²) in [5.74, 6) is -3.08. The molecule has 0 spiro atoms. The minimum Gasteiger partial charge on any atom is -0.387 e. The molecule has 0 fully saturated rings. The van der Waals surface area contributed by atoms with Crippen LogP contribution >= 0.6 is 15.9 Å². The first-order valence-electron chi connectivity index (χ1n) is 4.23. The lowest BCUT2D eigenvalue weighted by Gasteiger charge is -2.19. The maximum Gasteiger partial charge on any atom is 0.277 e. The first kappa shape index (κ1) is 11.6. The summed E-state index contributed by atoms with van der Waals surface area (Å²) >= 11 is 3.18. The minimum absolute atomic E-state index is 0.452. The first-order chi connectivity index (χ1) is 6.43. The molecule has 1 N–H and O–H groups in total. The van der Waals surface area contributed by atoms with Crippen molar-refractivity contribution >= 4 is 15.9 Å². The van der Waals surface area contributed by atoms with Crippen molar-refractivity contribution in [2.45, 2.75) is 25.4 Å². The van der Waals surface area contributed by atoms with E-state index in [1.807, 2.05) is 0 Å². The standard InChI is InChI=1S/C10H11BrF2O/c1-7(14)10(12,13)6-8-4-2-3-5-9(8)11/h2-5,7,14H,6H2,1H3. The highest BCUT2D eigenvalue weighted by Crippen LogP contribution is 2.27. The number of hydrogen-bond acceptors (Lipinski definition) is 1. The Morgan fingerprint density at radius 2 is 2.00 bits per heavy atom. The summed E-state index contributed by atoms with van der Waals surface area (Å²) in [5.41, 5.74) is 0.499. The highest BCUT2D eigenvalue weighted by Gasteiger charge is 2.35. The third-order valence-corrected chi connectivity index (χ3v) is 2.77. The van der Waals surface area contributed by atoms with E-state index in [0.717, 1.165) is 6.92 Å². The van der Waals surface area contributed by atoms with Crippen LogP contribution in [0.2, 0.25) is 0 Å². The second-order valence-corrected chi connectivity index (χ2v) is 4.06. The second kappa shape index (κ2) is 4.36. The summed E-state index contributed by atoms with van der Waals surface area (Å²) in [6, 6.07) is 6.76. The Hall–Kier alpha value is -0.480. The molecular weight excluding hydrogens is 254 g/mol. The summed E-state index contributed by atoms with van der Waals surface area (Å²) in [6.45, 7) is 1.09. The van der Waals surface area contributed by atoms with Gasteiger partial charge in [0.05, 0.1) is 0 Å². The molecule has 0 bridgehead atoms. The van der Waals surface area contributed by atoms with Crippen molar-refractivity contribution < 1.29 is 13.9 Å². The predicted octanol–water partition coefficient (Wildman–Crippen LogP) is 3.01. The van der Waals surface area contributed by atoms with E-state index in [9.17, 15) is 8.78 Å². The molecule has 0 aromatic heterocycles. The third-order valence-electron chi connectivity index (χ3n) is 2.00. The monoisotopic (exact) mass is 264 g/mol. The molecule has 1 aromatic rings. The predicted molar refractivity (Wildman–Crippen MR) is 54.5 cm³/mol. The van der Waals surface area contributed by atoms with Crippen LogP contribution in [0.1, 0.15) is 12.5 Å². The van der Waals surface area contributed by atoms with Gasteiger partial charge in [0.15, 0.2) is 0 Å². The number of alkyl halides is 2. The van der Waals surface area contributed by atoms with Gasteiger partial charge in [0.2, 0.25) is 0 Å². The van der Waals surface area contributed by atoms with E-state index < -0.39 is 18.4 Å². The molecule has 0 saturated heterocycles. The lowest BCUT2D eigenvalue weighted by Crippen LogP contribution is -2.33. The van der Waals surface area contributed by atoms with Gasteiger partial charge in [-0.05, 0) is 18.6 Å². The zero-order valence-corrected chi connectivity index (χ0v) is 9.26. The topological polar surface area (TPSA) is 20.2 Å². The molecule has 0 heterocycles. The fraction of sp³-hybridized carbons (Fsp3) is 0.400. The molecule has 78 valence electrons. The number of benzene rings is 1. The van der Waals surface area contributed by atoms with Crippen LogP contribution in [0.5, 0.6) is 0 Å². The summed E-state index contributed by atoms with van der Waals surface area (Å²) in [7, 11) is 0. The average molecular weight is 265 g/mol. The van der Waals surface area contributed by atoms with E-state index in [1.165, 1.54) is 0 Å². The Kier molecular flexibility index (Phi) is 3.61. The SMILES string of the molecule is CC(O)C(F)(F)Cc1ccccc1Br. The first-order valence-corrected chi connectivity index (χ1v) is 5.02. The van der Waals surface area contributed by atoms with Crippen molar-refractivity contribution in [1.82, 2.24) is 0 Å². The molecule has 14 heavy (non-hydrogen) atoms. The molecule has 0 aliphatic heterocycles. The Morgan fingerprint density at radius 3 is 2.50 bits per heavy atom. The number of rotatable bonds is 3. The van der Waals surface area contributed by atoms with Crippen LogP contribution in [0.25, 0.3) is 0 Å². The molecular formula is C10H11BrF2O. The Balaban J connectivity index is 2.84. The van der Waals surface area contributed by atoms with Gasteiger partial charge in [-0.3, -0.25) is 0 Å². The lowest BCUT2D eigenvalue weighted by molar-refractivity contribution is -0.0983.